The summed E-state index contributed by atoms with van der Waals surface area (Å²) in [5.74, 6) is 0.557. The van der Waals surface area contributed by atoms with E-state index < -0.39 is 0 Å². The summed E-state index contributed by atoms with van der Waals surface area (Å²) >= 11 is 0. The highest BCUT2D eigenvalue weighted by atomic mass is 16.5. The predicted molar refractivity (Wildman–Crippen MR) is 94.8 cm³/mol. The average Bonchev–Trinajstić information content (AvgIpc) is 2.54. The monoisotopic (exact) mass is 340 g/mol. The number of likely N-dealkylation sites (tertiary alicyclic amines) is 1. The van der Waals surface area contributed by atoms with Crippen LogP contribution in [0, 0.1) is 11.3 Å². The standard InChI is InChI=1S/C17H32N4O3/c1-6-24-14(22)13-8-7-11-21(12-13)16(18-5)20-10-9-19-15(23)17(2,3)4/h13H,6-12H2,1-5H3,(H,18,20)(H,19,23). The number of hydrogen-bond acceptors (Lipinski definition) is 4. The molecule has 1 atom stereocenters. The van der Waals surface area contributed by atoms with Gasteiger partial charge in [-0.15, -0.1) is 0 Å². The second kappa shape index (κ2) is 9.49. The Balaban J connectivity index is 2.43. The van der Waals surface area contributed by atoms with Crippen LogP contribution in [0.3, 0.4) is 0 Å². The van der Waals surface area contributed by atoms with E-state index in [0.29, 0.717) is 26.2 Å². The van der Waals surface area contributed by atoms with Gasteiger partial charge < -0.3 is 20.3 Å². The van der Waals surface area contributed by atoms with Gasteiger partial charge in [-0.1, -0.05) is 20.8 Å². The zero-order chi connectivity index (χ0) is 18.2. The lowest BCUT2D eigenvalue weighted by Crippen LogP contribution is -2.50. The minimum atomic E-state index is -0.387. The van der Waals surface area contributed by atoms with Crippen molar-refractivity contribution in [2.24, 2.45) is 16.3 Å². The van der Waals surface area contributed by atoms with E-state index in [4.69, 9.17) is 4.74 Å². The number of aliphatic imine (C=N–C) groups is 1. The minimum Gasteiger partial charge on any atom is -0.466 e. The van der Waals surface area contributed by atoms with E-state index in [1.54, 1.807) is 7.05 Å². The van der Waals surface area contributed by atoms with E-state index in [1.807, 2.05) is 27.7 Å². The smallest absolute Gasteiger partial charge is 0.310 e. The third-order valence-corrected chi connectivity index (χ3v) is 3.93. The van der Waals surface area contributed by atoms with Crippen molar-refractivity contribution in [2.75, 3.05) is 39.8 Å². The normalized spacial score (nSPS) is 19.0. The molecule has 0 aromatic rings. The molecular weight excluding hydrogens is 308 g/mol. The molecule has 1 unspecified atom stereocenters. The van der Waals surface area contributed by atoms with E-state index in [9.17, 15) is 9.59 Å². The van der Waals surface area contributed by atoms with Crippen LogP contribution >= 0.6 is 0 Å². The van der Waals surface area contributed by atoms with Crippen LogP contribution in [0.15, 0.2) is 4.99 Å². The molecule has 2 N–H and O–H groups in total. The Labute approximate surface area is 145 Å². The van der Waals surface area contributed by atoms with E-state index in [1.165, 1.54) is 0 Å². The van der Waals surface area contributed by atoms with Crippen molar-refractivity contribution >= 4 is 17.8 Å². The number of hydrogen-bond donors (Lipinski definition) is 2. The number of carbonyl (C=O) groups excluding carboxylic acids is 2. The SMILES string of the molecule is CCOC(=O)C1CCCN(C(=NC)NCCNC(=O)C(C)(C)C)C1. The van der Waals surface area contributed by atoms with Gasteiger partial charge in [0.05, 0.1) is 12.5 Å². The second-order valence-corrected chi connectivity index (χ2v) is 7.02. The maximum Gasteiger partial charge on any atom is 0.310 e. The van der Waals surface area contributed by atoms with Crippen molar-refractivity contribution < 1.29 is 14.3 Å². The third-order valence-electron chi connectivity index (χ3n) is 3.93. The summed E-state index contributed by atoms with van der Waals surface area (Å²) in [5, 5.41) is 6.15. The Kier molecular flexibility index (Phi) is 8.01. The summed E-state index contributed by atoms with van der Waals surface area (Å²) in [4.78, 5) is 30.1. The van der Waals surface area contributed by atoms with Gasteiger partial charge in [0.25, 0.3) is 0 Å². The van der Waals surface area contributed by atoms with Gasteiger partial charge in [-0.2, -0.15) is 0 Å². The van der Waals surface area contributed by atoms with Gasteiger partial charge in [-0.25, -0.2) is 0 Å². The molecule has 138 valence electrons. The number of esters is 1. The van der Waals surface area contributed by atoms with Gasteiger partial charge in [0.2, 0.25) is 5.91 Å². The Bertz CT molecular complexity index is 457. The predicted octanol–water partition coefficient (Wildman–Crippen LogP) is 0.999. The molecule has 0 radical (unpaired) electrons. The van der Waals surface area contributed by atoms with Crippen LogP contribution < -0.4 is 10.6 Å². The molecule has 1 fully saturated rings. The highest BCUT2D eigenvalue weighted by Gasteiger charge is 2.28. The van der Waals surface area contributed by atoms with Gasteiger partial charge in [0.15, 0.2) is 5.96 Å². The highest BCUT2D eigenvalue weighted by Crippen LogP contribution is 2.18. The molecule has 1 aliphatic heterocycles. The molecule has 1 saturated heterocycles. The summed E-state index contributed by atoms with van der Waals surface area (Å²) in [6, 6.07) is 0. The molecule has 0 saturated carbocycles. The molecule has 0 aliphatic carbocycles. The fourth-order valence-electron chi connectivity index (χ4n) is 2.57. The molecule has 1 amide bonds. The lowest BCUT2D eigenvalue weighted by atomic mass is 9.96. The van der Waals surface area contributed by atoms with Crippen molar-refractivity contribution in [3.8, 4) is 0 Å². The maximum absolute atomic E-state index is 11.9. The first-order chi connectivity index (χ1) is 11.3. The summed E-state index contributed by atoms with van der Waals surface area (Å²) < 4.78 is 5.13. The first-order valence-electron chi connectivity index (χ1n) is 8.70. The van der Waals surface area contributed by atoms with Crippen LogP contribution in [0.4, 0.5) is 0 Å². The molecule has 1 heterocycles. The van der Waals surface area contributed by atoms with E-state index >= 15 is 0 Å². The van der Waals surface area contributed by atoms with E-state index in [2.05, 4.69) is 20.5 Å². The summed E-state index contributed by atoms with van der Waals surface area (Å²) in [6.45, 7) is 10.5. The lowest BCUT2D eigenvalue weighted by Gasteiger charge is -2.34. The number of nitrogens with one attached hydrogen (secondary N) is 2. The van der Waals surface area contributed by atoms with Crippen LogP contribution in [0.2, 0.25) is 0 Å². The number of rotatable bonds is 5. The van der Waals surface area contributed by atoms with Gasteiger partial charge >= 0.3 is 5.97 Å². The first-order valence-corrected chi connectivity index (χ1v) is 8.70. The topological polar surface area (TPSA) is 83.0 Å². The second-order valence-electron chi connectivity index (χ2n) is 7.02. The molecule has 7 nitrogen and oxygen atoms in total. The van der Waals surface area contributed by atoms with Gasteiger partial charge in [-0.3, -0.25) is 14.6 Å². The van der Waals surface area contributed by atoms with Gasteiger partial charge in [0, 0.05) is 38.6 Å². The zero-order valence-corrected chi connectivity index (χ0v) is 15.6. The minimum absolute atomic E-state index is 0.0274. The van der Waals surface area contributed by atoms with Crippen LogP contribution in [0.5, 0.6) is 0 Å². The van der Waals surface area contributed by atoms with E-state index in [0.717, 1.165) is 25.3 Å². The summed E-state index contributed by atoms with van der Waals surface area (Å²) in [6.07, 6.45) is 1.79. The first kappa shape index (κ1) is 20.3. The third kappa shape index (κ3) is 6.37. The number of guanidine groups is 1. The lowest BCUT2D eigenvalue weighted by molar-refractivity contribution is -0.149. The van der Waals surface area contributed by atoms with Gasteiger partial charge in [-0.05, 0) is 19.8 Å². The maximum atomic E-state index is 11.9. The summed E-state index contributed by atoms with van der Waals surface area (Å²) in [5.41, 5.74) is -0.387. The molecule has 24 heavy (non-hydrogen) atoms. The van der Waals surface area contributed by atoms with Crippen molar-refractivity contribution in [1.29, 1.82) is 0 Å². The Morgan fingerprint density at radius 3 is 2.50 bits per heavy atom. The van der Waals surface area contributed by atoms with Gasteiger partial charge in [0.1, 0.15) is 0 Å². The molecule has 0 aromatic carbocycles. The number of nitrogens with zero attached hydrogens (tertiary/aromatic N) is 2. The van der Waals surface area contributed by atoms with Crippen LogP contribution in [0.1, 0.15) is 40.5 Å². The molecule has 0 aromatic heterocycles. The molecule has 1 aliphatic rings. The fourth-order valence-corrected chi connectivity index (χ4v) is 2.57. The van der Waals surface area contributed by atoms with Crippen LogP contribution in [-0.2, 0) is 14.3 Å². The molecule has 7 heteroatoms. The Morgan fingerprint density at radius 2 is 1.92 bits per heavy atom. The van der Waals surface area contributed by atoms with Crippen molar-refractivity contribution in [2.45, 2.75) is 40.5 Å². The molecule has 1 rings (SSSR count). The number of amides is 1. The number of carbonyl (C=O) groups is 2. The highest BCUT2D eigenvalue weighted by molar-refractivity contribution is 5.82. The molecular formula is C17H32N4O3. The average molecular weight is 340 g/mol. The zero-order valence-electron chi connectivity index (χ0n) is 15.6. The number of ether oxygens (including phenoxy) is 1. The molecule has 0 spiro atoms. The Morgan fingerprint density at radius 1 is 1.25 bits per heavy atom. The Hall–Kier alpha value is -1.79. The summed E-state index contributed by atoms with van der Waals surface area (Å²) in [7, 11) is 1.73. The fraction of sp³-hybridized carbons (Fsp3) is 0.824. The van der Waals surface area contributed by atoms with Crippen molar-refractivity contribution in [3.63, 3.8) is 0 Å². The van der Waals surface area contributed by atoms with E-state index in [-0.39, 0.29) is 23.2 Å². The van der Waals surface area contributed by atoms with Crippen LogP contribution in [-0.4, -0.2) is 62.6 Å². The number of piperidine rings is 1. The molecule has 0 bridgehead atoms. The largest absolute Gasteiger partial charge is 0.466 e. The van der Waals surface area contributed by atoms with Crippen LogP contribution in [0.25, 0.3) is 0 Å². The van der Waals surface area contributed by atoms with Crippen molar-refractivity contribution in [1.82, 2.24) is 15.5 Å². The quantitative estimate of drug-likeness (QED) is 0.338. The van der Waals surface area contributed by atoms with Crippen molar-refractivity contribution in [3.05, 3.63) is 0 Å².